The number of phenols is 1. The van der Waals surface area contributed by atoms with Crippen LogP contribution in [0.25, 0.3) is 0 Å². The molecule has 1 rings (SSSR count). The second kappa shape index (κ2) is 4.51. The summed E-state index contributed by atoms with van der Waals surface area (Å²) >= 11 is 3.44. The highest BCUT2D eigenvalue weighted by Gasteiger charge is 2.05. The Labute approximate surface area is 86.7 Å². The Morgan fingerprint density at radius 3 is 2.77 bits per heavy atom. The molecule has 0 bridgehead atoms. The molecule has 1 unspecified atom stereocenters. The van der Waals surface area contributed by atoms with Crippen molar-refractivity contribution in [3.63, 3.8) is 0 Å². The number of benzene rings is 1. The third-order valence-corrected chi connectivity index (χ3v) is 2.11. The first-order valence-corrected chi connectivity index (χ1v) is 5.05. The lowest BCUT2D eigenvalue weighted by Crippen LogP contribution is -1.97. The predicted octanol–water partition coefficient (Wildman–Crippen LogP) is 2.73. The van der Waals surface area contributed by atoms with E-state index < -0.39 is 0 Å². The van der Waals surface area contributed by atoms with Crippen LogP contribution in [0.4, 0.5) is 0 Å². The zero-order chi connectivity index (χ0) is 9.84. The van der Waals surface area contributed by atoms with Crippen LogP contribution < -0.4 is 4.74 Å². The molecule has 0 aliphatic rings. The van der Waals surface area contributed by atoms with E-state index in [1.54, 1.807) is 19.2 Å². The maximum atomic E-state index is 9.50. The van der Waals surface area contributed by atoms with E-state index in [1.807, 2.05) is 13.0 Å². The standard InChI is InChI=1S/C10H13BrO2/c1-7(11)5-8-6-9(13-2)3-4-10(8)12/h3-4,6-7,12H,5H2,1-2H3. The molecule has 0 heterocycles. The van der Waals surface area contributed by atoms with Crippen molar-refractivity contribution in [1.82, 2.24) is 0 Å². The molecular formula is C10H13BrO2. The van der Waals surface area contributed by atoms with Crippen LogP contribution in [0.15, 0.2) is 18.2 Å². The van der Waals surface area contributed by atoms with Gasteiger partial charge < -0.3 is 9.84 Å². The van der Waals surface area contributed by atoms with Crippen LogP contribution in [0.3, 0.4) is 0 Å². The fourth-order valence-electron chi connectivity index (χ4n) is 1.16. The summed E-state index contributed by atoms with van der Waals surface area (Å²) in [5.41, 5.74) is 0.906. The maximum Gasteiger partial charge on any atom is 0.119 e. The van der Waals surface area contributed by atoms with Gasteiger partial charge in [-0.05, 0) is 30.2 Å². The van der Waals surface area contributed by atoms with E-state index in [0.717, 1.165) is 17.7 Å². The summed E-state index contributed by atoms with van der Waals surface area (Å²) in [7, 11) is 1.62. The van der Waals surface area contributed by atoms with Gasteiger partial charge in [0.25, 0.3) is 0 Å². The number of halogens is 1. The highest BCUT2D eigenvalue weighted by atomic mass is 79.9. The first-order valence-electron chi connectivity index (χ1n) is 4.13. The minimum absolute atomic E-state index is 0.326. The lowest BCUT2D eigenvalue weighted by molar-refractivity contribution is 0.410. The number of phenolic OH excluding ortho intramolecular Hbond substituents is 1. The zero-order valence-corrected chi connectivity index (χ0v) is 9.34. The number of aromatic hydroxyl groups is 1. The van der Waals surface area contributed by atoms with Gasteiger partial charge in [0.05, 0.1) is 7.11 Å². The minimum Gasteiger partial charge on any atom is -0.508 e. The molecule has 0 aromatic heterocycles. The molecule has 0 fully saturated rings. The summed E-state index contributed by atoms with van der Waals surface area (Å²) in [6.07, 6.45) is 0.795. The average Bonchev–Trinajstić information content (AvgIpc) is 2.08. The van der Waals surface area contributed by atoms with Crippen LogP contribution in [0.5, 0.6) is 11.5 Å². The van der Waals surface area contributed by atoms with E-state index in [4.69, 9.17) is 4.74 Å². The number of hydrogen-bond donors (Lipinski definition) is 1. The average molecular weight is 245 g/mol. The normalized spacial score (nSPS) is 12.5. The molecule has 1 N–H and O–H groups in total. The van der Waals surface area contributed by atoms with Crippen molar-refractivity contribution in [2.24, 2.45) is 0 Å². The molecule has 0 saturated carbocycles. The molecule has 0 radical (unpaired) electrons. The molecule has 0 aliphatic heterocycles. The van der Waals surface area contributed by atoms with Crippen LogP contribution in [0.2, 0.25) is 0 Å². The van der Waals surface area contributed by atoms with Crippen LogP contribution in [0, 0.1) is 0 Å². The first kappa shape index (κ1) is 10.4. The molecule has 0 spiro atoms. The minimum atomic E-state index is 0.326. The summed E-state index contributed by atoms with van der Waals surface area (Å²) in [4.78, 5) is 0.352. The summed E-state index contributed by atoms with van der Waals surface area (Å²) in [5, 5.41) is 9.50. The number of alkyl halides is 1. The molecule has 0 amide bonds. The van der Waals surface area contributed by atoms with E-state index in [9.17, 15) is 5.11 Å². The van der Waals surface area contributed by atoms with E-state index in [1.165, 1.54) is 0 Å². The second-order valence-corrected chi connectivity index (χ2v) is 4.54. The van der Waals surface area contributed by atoms with Crippen molar-refractivity contribution >= 4 is 15.9 Å². The van der Waals surface area contributed by atoms with Gasteiger partial charge in [-0.1, -0.05) is 22.9 Å². The van der Waals surface area contributed by atoms with Crippen molar-refractivity contribution in [1.29, 1.82) is 0 Å². The number of methoxy groups -OCH3 is 1. The Balaban J connectivity index is 2.90. The lowest BCUT2D eigenvalue weighted by Gasteiger charge is -2.08. The van der Waals surface area contributed by atoms with Crippen molar-refractivity contribution < 1.29 is 9.84 Å². The topological polar surface area (TPSA) is 29.5 Å². The smallest absolute Gasteiger partial charge is 0.119 e. The van der Waals surface area contributed by atoms with Crippen LogP contribution in [-0.4, -0.2) is 17.0 Å². The van der Waals surface area contributed by atoms with Crippen molar-refractivity contribution in [2.75, 3.05) is 7.11 Å². The molecule has 1 atom stereocenters. The van der Waals surface area contributed by atoms with Gasteiger partial charge in [0.1, 0.15) is 11.5 Å². The number of ether oxygens (including phenoxy) is 1. The zero-order valence-electron chi connectivity index (χ0n) is 7.75. The molecule has 13 heavy (non-hydrogen) atoms. The Morgan fingerprint density at radius 1 is 1.54 bits per heavy atom. The van der Waals surface area contributed by atoms with Gasteiger partial charge in [0.2, 0.25) is 0 Å². The monoisotopic (exact) mass is 244 g/mol. The lowest BCUT2D eigenvalue weighted by atomic mass is 10.1. The van der Waals surface area contributed by atoms with Gasteiger partial charge in [-0.3, -0.25) is 0 Å². The molecule has 2 nitrogen and oxygen atoms in total. The quantitative estimate of drug-likeness (QED) is 0.829. The predicted molar refractivity (Wildman–Crippen MR) is 56.8 cm³/mol. The van der Waals surface area contributed by atoms with Gasteiger partial charge in [-0.25, -0.2) is 0 Å². The van der Waals surface area contributed by atoms with Crippen molar-refractivity contribution in [2.45, 2.75) is 18.2 Å². The van der Waals surface area contributed by atoms with Crippen LogP contribution in [-0.2, 0) is 6.42 Å². The second-order valence-electron chi connectivity index (χ2n) is 2.98. The third kappa shape index (κ3) is 2.92. The van der Waals surface area contributed by atoms with Crippen molar-refractivity contribution in [3.8, 4) is 11.5 Å². The molecule has 72 valence electrons. The molecule has 1 aromatic rings. The fourth-order valence-corrected chi connectivity index (χ4v) is 1.50. The van der Waals surface area contributed by atoms with E-state index >= 15 is 0 Å². The Kier molecular flexibility index (Phi) is 3.60. The summed E-state index contributed by atoms with van der Waals surface area (Å²) in [6, 6.07) is 5.26. The third-order valence-electron chi connectivity index (χ3n) is 1.79. The molecule has 1 aromatic carbocycles. The number of rotatable bonds is 3. The van der Waals surface area contributed by atoms with E-state index in [2.05, 4.69) is 15.9 Å². The maximum absolute atomic E-state index is 9.50. The van der Waals surface area contributed by atoms with E-state index in [0.29, 0.717) is 10.6 Å². The summed E-state index contributed by atoms with van der Waals surface area (Å²) < 4.78 is 5.06. The highest BCUT2D eigenvalue weighted by molar-refractivity contribution is 9.09. The summed E-state index contributed by atoms with van der Waals surface area (Å²) in [5.74, 6) is 1.10. The van der Waals surface area contributed by atoms with Crippen molar-refractivity contribution in [3.05, 3.63) is 23.8 Å². The van der Waals surface area contributed by atoms with Gasteiger partial charge in [-0.15, -0.1) is 0 Å². The molecular weight excluding hydrogens is 232 g/mol. The van der Waals surface area contributed by atoms with Gasteiger partial charge in [-0.2, -0.15) is 0 Å². The van der Waals surface area contributed by atoms with Crippen LogP contribution >= 0.6 is 15.9 Å². The van der Waals surface area contributed by atoms with Crippen LogP contribution in [0.1, 0.15) is 12.5 Å². The Bertz CT molecular complexity index is 284. The SMILES string of the molecule is COc1ccc(O)c(CC(C)Br)c1. The number of hydrogen-bond acceptors (Lipinski definition) is 2. The largest absolute Gasteiger partial charge is 0.508 e. The molecule has 0 saturated heterocycles. The fraction of sp³-hybridized carbons (Fsp3) is 0.400. The first-order chi connectivity index (χ1) is 6.13. The van der Waals surface area contributed by atoms with Gasteiger partial charge in [0.15, 0.2) is 0 Å². The highest BCUT2D eigenvalue weighted by Crippen LogP contribution is 2.25. The molecule has 0 aliphatic carbocycles. The van der Waals surface area contributed by atoms with E-state index in [-0.39, 0.29) is 0 Å². The summed E-state index contributed by atoms with van der Waals surface area (Å²) in [6.45, 7) is 2.04. The Hall–Kier alpha value is -0.700. The Morgan fingerprint density at radius 2 is 2.23 bits per heavy atom. The van der Waals surface area contributed by atoms with Gasteiger partial charge >= 0.3 is 0 Å². The molecule has 3 heteroatoms. The van der Waals surface area contributed by atoms with Gasteiger partial charge in [0, 0.05) is 4.83 Å².